The van der Waals surface area contributed by atoms with Gasteiger partial charge in [0.25, 0.3) is 0 Å². The normalized spacial score (nSPS) is 13.5. The molecule has 0 saturated carbocycles. The maximum absolute atomic E-state index is 12.5. The average molecular weight is 323 g/mol. The highest BCUT2D eigenvalue weighted by molar-refractivity contribution is 7.89. The predicted octanol–water partition coefficient (Wildman–Crippen LogP) is 2.75. The number of sulfonamides is 1. The van der Waals surface area contributed by atoms with Crippen molar-refractivity contribution >= 4 is 10.0 Å². The third-order valence-corrected chi connectivity index (χ3v) is 4.66. The zero-order valence-corrected chi connectivity index (χ0v) is 14.0. The SMILES string of the molecule is Cc1ccc(S(=O)(=O)NC(CC(C)C)c2nnc(C)o2)cc1. The van der Waals surface area contributed by atoms with E-state index in [2.05, 4.69) is 14.9 Å². The Morgan fingerprint density at radius 2 is 1.77 bits per heavy atom. The van der Waals surface area contributed by atoms with Crippen molar-refractivity contribution in [2.24, 2.45) is 5.92 Å². The summed E-state index contributed by atoms with van der Waals surface area (Å²) in [5, 5.41) is 7.73. The minimum atomic E-state index is -3.64. The number of rotatable bonds is 6. The second-order valence-corrected chi connectivity index (χ2v) is 7.49. The molecule has 7 heteroatoms. The molecule has 1 aromatic carbocycles. The van der Waals surface area contributed by atoms with E-state index in [-0.39, 0.29) is 10.8 Å². The van der Waals surface area contributed by atoms with E-state index >= 15 is 0 Å². The fourth-order valence-corrected chi connectivity index (χ4v) is 3.30. The van der Waals surface area contributed by atoms with E-state index in [9.17, 15) is 8.42 Å². The minimum Gasteiger partial charge on any atom is -0.424 e. The van der Waals surface area contributed by atoms with Crippen LogP contribution in [0.4, 0.5) is 0 Å². The third-order valence-electron chi connectivity index (χ3n) is 3.18. The Morgan fingerprint density at radius 1 is 1.14 bits per heavy atom. The first-order valence-corrected chi connectivity index (χ1v) is 8.65. The van der Waals surface area contributed by atoms with E-state index in [1.54, 1.807) is 31.2 Å². The quantitative estimate of drug-likeness (QED) is 0.883. The summed E-state index contributed by atoms with van der Waals surface area (Å²) < 4.78 is 33.1. The molecule has 0 fully saturated rings. The molecule has 1 aromatic heterocycles. The van der Waals surface area contributed by atoms with Crippen molar-refractivity contribution in [2.45, 2.75) is 45.1 Å². The lowest BCUT2D eigenvalue weighted by molar-refractivity contribution is 0.372. The maximum atomic E-state index is 12.5. The number of hydrogen-bond acceptors (Lipinski definition) is 5. The highest BCUT2D eigenvalue weighted by atomic mass is 32.2. The second kappa shape index (κ2) is 6.58. The average Bonchev–Trinajstić information content (AvgIpc) is 2.84. The van der Waals surface area contributed by atoms with Crippen molar-refractivity contribution in [3.8, 4) is 0 Å². The maximum Gasteiger partial charge on any atom is 0.241 e. The van der Waals surface area contributed by atoms with E-state index in [1.807, 2.05) is 20.8 Å². The van der Waals surface area contributed by atoms with Crippen molar-refractivity contribution in [3.63, 3.8) is 0 Å². The summed E-state index contributed by atoms with van der Waals surface area (Å²) in [4.78, 5) is 0.225. The summed E-state index contributed by atoms with van der Waals surface area (Å²) in [6.45, 7) is 7.61. The molecule has 0 spiro atoms. The molecule has 22 heavy (non-hydrogen) atoms. The Kier molecular flexibility index (Phi) is 4.97. The molecule has 1 unspecified atom stereocenters. The molecule has 0 radical (unpaired) electrons. The summed E-state index contributed by atoms with van der Waals surface area (Å²) in [6.07, 6.45) is 0.576. The molecule has 0 aliphatic heterocycles. The molecule has 0 aliphatic rings. The Hall–Kier alpha value is -1.73. The molecule has 6 nitrogen and oxygen atoms in total. The van der Waals surface area contributed by atoms with Gasteiger partial charge in [-0.15, -0.1) is 10.2 Å². The Bertz CT molecular complexity index is 721. The van der Waals surface area contributed by atoms with Crippen molar-refractivity contribution in [1.29, 1.82) is 0 Å². The standard InChI is InChI=1S/C15H21N3O3S/c1-10(2)9-14(15-17-16-12(4)21-15)18-22(19,20)13-7-5-11(3)6-8-13/h5-8,10,14,18H,9H2,1-4H3. The summed E-state index contributed by atoms with van der Waals surface area (Å²) in [5.74, 6) is 0.984. The van der Waals surface area contributed by atoms with Crippen LogP contribution in [-0.2, 0) is 10.0 Å². The van der Waals surface area contributed by atoms with Gasteiger partial charge in [0.15, 0.2) is 0 Å². The highest BCUT2D eigenvalue weighted by Crippen LogP contribution is 2.23. The Labute approximate surface area is 131 Å². The van der Waals surface area contributed by atoms with Crippen LogP contribution in [0.25, 0.3) is 0 Å². The first kappa shape index (κ1) is 16.6. The lowest BCUT2D eigenvalue weighted by Gasteiger charge is -2.17. The van der Waals surface area contributed by atoms with Crippen LogP contribution in [0.1, 0.15) is 43.7 Å². The van der Waals surface area contributed by atoms with Crippen molar-refractivity contribution in [3.05, 3.63) is 41.6 Å². The number of aromatic nitrogens is 2. The minimum absolute atomic E-state index is 0.225. The van der Waals surface area contributed by atoms with E-state index in [0.29, 0.717) is 18.2 Å². The lowest BCUT2D eigenvalue weighted by Crippen LogP contribution is -2.30. The van der Waals surface area contributed by atoms with Crippen molar-refractivity contribution < 1.29 is 12.8 Å². The van der Waals surface area contributed by atoms with Crippen LogP contribution in [0, 0.1) is 19.8 Å². The lowest BCUT2D eigenvalue weighted by atomic mass is 10.0. The van der Waals surface area contributed by atoms with Crippen LogP contribution >= 0.6 is 0 Å². The largest absolute Gasteiger partial charge is 0.424 e. The number of hydrogen-bond donors (Lipinski definition) is 1. The van der Waals surface area contributed by atoms with Crippen LogP contribution in [0.3, 0.4) is 0 Å². The van der Waals surface area contributed by atoms with Crippen molar-refractivity contribution in [2.75, 3.05) is 0 Å². The number of nitrogens with one attached hydrogen (secondary N) is 1. The van der Waals surface area contributed by atoms with Gasteiger partial charge in [-0.2, -0.15) is 4.72 Å². The van der Waals surface area contributed by atoms with Gasteiger partial charge in [0, 0.05) is 6.92 Å². The van der Waals surface area contributed by atoms with E-state index in [4.69, 9.17) is 4.42 Å². The molecule has 1 atom stereocenters. The van der Waals surface area contributed by atoms with Crippen LogP contribution in [-0.4, -0.2) is 18.6 Å². The topological polar surface area (TPSA) is 85.1 Å². The molecule has 0 aliphatic carbocycles. The van der Waals surface area contributed by atoms with Gasteiger partial charge in [-0.05, 0) is 31.4 Å². The summed E-state index contributed by atoms with van der Waals surface area (Å²) in [6, 6.07) is 6.17. The Morgan fingerprint density at radius 3 is 2.27 bits per heavy atom. The number of aryl methyl sites for hydroxylation is 2. The highest BCUT2D eigenvalue weighted by Gasteiger charge is 2.26. The number of nitrogens with zero attached hydrogens (tertiary/aromatic N) is 2. The van der Waals surface area contributed by atoms with E-state index < -0.39 is 16.1 Å². The van der Waals surface area contributed by atoms with Gasteiger partial charge >= 0.3 is 0 Å². The molecule has 0 bridgehead atoms. The first-order chi connectivity index (χ1) is 10.3. The molecule has 120 valence electrons. The molecule has 0 saturated heterocycles. The van der Waals surface area contributed by atoms with Gasteiger partial charge in [-0.1, -0.05) is 31.5 Å². The first-order valence-electron chi connectivity index (χ1n) is 7.17. The van der Waals surface area contributed by atoms with Gasteiger partial charge in [0.05, 0.1) is 4.90 Å². The molecule has 2 rings (SSSR count). The summed E-state index contributed by atoms with van der Waals surface area (Å²) >= 11 is 0. The Balaban J connectivity index is 2.27. The van der Waals surface area contributed by atoms with Crippen molar-refractivity contribution in [1.82, 2.24) is 14.9 Å². The van der Waals surface area contributed by atoms with Crippen LogP contribution in [0.15, 0.2) is 33.6 Å². The fraction of sp³-hybridized carbons (Fsp3) is 0.467. The molecule has 1 heterocycles. The molecular formula is C15H21N3O3S. The van der Waals surface area contributed by atoms with Gasteiger partial charge < -0.3 is 4.42 Å². The van der Waals surface area contributed by atoms with Gasteiger partial charge in [0.2, 0.25) is 21.8 Å². The van der Waals surface area contributed by atoms with Gasteiger partial charge in [0.1, 0.15) is 6.04 Å². The summed E-state index contributed by atoms with van der Waals surface area (Å²) in [7, 11) is -3.64. The zero-order valence-electron chi connectivity index (χ0n) is 13.2. The summed E-state index contributed by atoms with van der Waals surface area (Å²) in [5.41, 5.74) is 1.00. The molecule has 0 amide bonds. The monoisotopic (exact) mass is 323 g/mol. The fourth-order valence-electron chi connectivity index (χ4n) is 2.10. The second-order valence-electron chi connectivity index (χ2n) is 5.78. The van der Waals surface area contributed by atoms with E-state index in [0.717, 1.165) is 5.56 Å². The number of benzene rings is 1. The van der Waals surface area contributed by atoms with E-state index in [1.165, 1.54) is 0 Å². The molecular weight excluding hydrogens is 302 g/mol. The van der Waals surface area contributed by atoms with Gasteiger partial charge in [-0.25, -0.2) is 8.42 Å². The predicted molar refractivity (Wildman–Crippen MR) is 82.7 cm³/mol. The zero-order chi connectivity index (χ0) is 16.3. The smallest absolute Gasteiger partial charge is 0.241 e. The molecule has 2 aromatic rings. The van der Waals surface area contributed by atoms with Gasteiger partial charge in [-0.3, -0.25) is 0 Å². The molecule has 1 N–H and O–H groups in total. The third kappa shape index (κ3) is 4.14. The van der Waals surface area contributed by atoms with Crippen LogP contribution < -0.4 is 4.72 Å². The van der Waals surface area contributed by atoms with Crippen LogP contribution in [0.5, 0.6) is 0 Å². The van der Waals surface area contributed by atoms with Crippen LogP contribution in [0.2, 0.25) is 0 Å².